The smallest absolute Gasteiger partial charge is 0.307 e. The molecule has 0 aliphatic carbocycles. The first-order valence-electron chi connectivity index (χ1n) is 7.80. The third-order valence-electron chi connectivity index (χ3n) is 3.72. The van der Waals surface area contributed by atoms with Crippen molar-refractivity contribution in [3.8, 4) is 0 Å². The Morgan fingerprint density at radius 1 is 0.846 bits per heavy atom. The number of urea groups is 1. The highest BCUT2D eigenvalue weighted by molar-refractivity contribution is 6.42. The zero-order valence-corrected chi connectivity index (χ0v) is 15.1. The minimum absolute atomic E-state index is 0.147. The first-order chi connectivity index (χ1) is 12.5. The molecule has 0 saturated carbocycles. The number of hydrogen-bond donors (Lipinski definition) is 3. The molecule has 3 amide bonds. The van der Waals surface area contributed by atoms with Gasteiger partial charge in [0.05, 0.1) is 16.5 Å². The maximum absolute atomic E-state index is 12.1. The number of hydrogen-bond acceptors (Lipinski definition) is 2. The normalized spacial score (nSPS) is 10.4. The Balaban J connectivity index is 1.56. The largest absolute Gasteiger partial charge is 0.337 e. The summed E-state index contributed by atoms with van der Waals surface area (Å²) in [5, 5.41) is 5.33. The lowest BCUT2D eigenvalue weighted by atomic mass is 10.0. The fourth-order valence-electron chi connectivity index (χ4n) is 2.53. The van der Waals surface area contributed by atoms with Crippen molar-refractivity contribution in [2.75, 3.05) is 5.32 Å². The number of halogens is 2. The molecule has 0 aliphatic heterocycles. The second-order valence-corrected chi connectivity index (χ2v) is 6.39. The highest BCUT2D eigenvalue weighted by Gasteiger charge is 2.09. The summed E-state index contributed by atoms with van der Waals surface area (Å²) in [7, 11) is 0. The number of carbonyl (C=O) groups excluding carboxylic acids is 2. The van der Waals surface area contributed by atoms with Crippen LogP contribution in [0.1, 0.15) is 5.56 Å². The van der Waals surface area contributed by atoms with E-state index in [1.54, 1.807) is 12.1 Å². The number of rotatable bonds is 3. The minimum atomic E-state index is -0.588. The topological polar surface area (TPSA) is 70.2 Å². The van der Waals surface area contributed by atoms with Crippen molar-refractivity contribution in [2.24, 2.45) is 0 Å². The number of benzene rings is 3. The van der Waals surface area contributed by atoms with Crippen LogP contribution in [-0.2, 0) is 11.2 Å². The van der Waals surface area contributed by atoms with Gasteiger partial charge in [-0.3, -0.25) is 10.2 Å². The van der Waals surface area contributed by atoms with Crippen LogP contribution in [0.25, 0.3) is 10.8 Å². The molecule has 132 valence electrons. The first-order valence-corrected chi connectivity index (χ1v) is 8.56. The molecule has 3 aromatic rings. The summed E-state index contributed by atoms with van der Waals surface area (Å²) in [6.07, 6.45) is 0.147. The average Bonchev–Trinajstić information content (AvgIpc) is 2.63. The van der Waals surface area contributed by atoms with E-state index >= 15 is 0 Å². The fourth-order valence-corrected chi connectivity index (χ4v) is 2.82. The Labute approximate surface area is 160 Å². The molecule has 7 heteroatoms. The molecule has 3 rings (SSSR count). The summed E-state index contributed by atoms with van der Waals surface area (Å²) < 4.78 is 0. The Morgan fingerprint density at radius 2 is 1.62 bits per heavy atom. The highest BCUT2D eigenvalue weighted by atomic mass is 35.5. The highest BCUT2D eigenvalue weighted by Crippen LogP contribution is 2.24. The molecule has 0 bridgehead atoms. The van der Waals surface area contributed by atoms with Gasteiger partial charge in [0.2, 0.25) is 5.91 Å². The summed E-state index contributed by atoms with van der Waals surface area (Å²) in [6.45, 7) is 0. The molecule has 26 heavy (non-hydrogen) atoms. The molecule has 3 aromatic carbocycles. The summed E-state index contributed by atoms with van der Waals surface area (Å²) in [5.74, 6) is -0.328. The van der Waals surface area contributed by atoms with Crippen molar-refractivity contribution in [3.63, 3.8) is 0 Å². The monoisotopic (exact) mass is 387 g/mol. The van der Waals surface area contributed by atoms with Crippen molar-refractivity contribution in [1.82, 2.24) is 10.9 Å². The second-order valence-electron chi connectivity index (χ2n) is 5.57. The molecule has 0 saturated heterocycles. The Hall–Kier alpha value is -2.76. The predicted octanol–water partition coefficient (Wildman–Crippen LogP) is 4.54. The summed E-state index contributed by atoms with van der Waals surface area (Å²) in [4.78, 5) is 24.0. The summed E-state index contributed by atoms with van der Waals surface area (Å²) in [6, 6.07) is 17.7. The Kier molecular flexibility index (Phi) is 5.61. The van der Waals surface area contributed by atoms with Crippen molar-refractivity contribution < 1.29 is 9.59 Å². The quantitative estimate of drug-likeness (QED) is 0.577. The number of carbonyl (C=O) groups is 2. The van der Waals surface area contributed by atoms with E-state index in [0.717, 1.165) is 16.3 Å². The van der Waals surface area contributed by atoms with Gasteiger partial charge in [-0.1, -0.05) is 65.7 Å². The lowest BCUT2D eigenvalue weighted by Gasteiger charge is -2.10. The molecule has 0 aliphatic rings. The molecule has 0 unspecified atom stereocenters. The van der Waals surface area contributed by atoms with E-state index < -0.39 is 6.03 Å². The van der Waals surface area contributed by atoms with Crippen LogP contribution in [-0.4, -0.2) is 11.9 Å². The SMILES string of the molecule is O=C(Cc1cccc2ccccc12)NNC(=O)Nc1ccc(Cl)c(Cl)c1. The van der Waals surface area contributed by atoms with Gasteiger partial charge in [-0.2, -0.15) is 0 Å². The van der Waals surface area contributed by atoms with E-state index in [1.807, 2.05) is 42.5 Å². The zero-order chi connectivity index (χ0) is 18.5. The van der Waals surface area contributed by atoms with Crippen molar-refractivity contribution in [3.05, 3.63) is 76.3 Å². The third kappa shape index (κ3) is 4.45. The van der Waals surface area contributed by atoms with E-state index in [1.165, 1.54) is 6.07 Å². The van der Waals surface area contributed by atoms with Gasteiger partial charge < -0.3 is 5.32 Å². The van der Waals surface area contributed by atoms with Crippen LogP contribution in [0.3, 0.4) is 0 Å². The van der Waals surface area contributed by atoms with Gasteiger partial charge >= 0.3 is 6.03 Å². The third-order valence-corrected chi connectivity index (χ3v) is 4.46. The van der Waals surface area contributed by atoms with Crippen LogP contribution >= 0.6 is 23.2 Å². The standard InChI is InChI=1S/C19H15Cl2N3O2/c20-16-9-8-14(11-17(16)21)22-19(26)24-23-18(25)10-13-6-3-5-12-4-1-2-7-15(12)13/h1-9,11H,10H2,(H,23,25)(H2,22,24,26). The lowest BCUT2D eigenvalue weighted by Crippen LogP contribution is -2.44. The van der Waals surface area contributed by atoms with E-state index in [4.69, 9.17) is 23.2 Å². The van der Waals surface area contributed by atoms with Crippen LogP contribution in [0.4, 0.5) is 10.5 Å². The Bertz CT molecular complexity index is 971. The molecule has 5 nitrogen and oxygen atoms in total. The van der Waals surface area contributed by atoms with Crippen molar-refractivity contribution in [2.45, 2.75) is 6.42 Å². The maximum Gasteiger partial charge on any atom is 0.337 e. The predicted molar refractivity (Wildman–Crippen MR) is 104 cm³/mol. The van der Waals surface area contributed by atoms with Gasteiger partial charge in [-0.05, 0) is 34.5 Å². The summed E-state index contributed by atoms with van der Waals surface area (Å²) in [5.41, 5.74) is 6.03. The van der Waals surface area contributed by atoms with Crippen LogP contribution in [0.15, 0.2) is 60.7 Å². The molecular weight excluding hydrogens is 373 g/mol. The number of anilines is 1. The maximum atomic E-state index is 12.1. The zero-order valence-electron chi connectivity index (χ0n) is 13.6. The number of nitrogens with one attached hydrogen (secondary N) is 3. The van der Waals surface area contributed by atoms with E-state index in [9.17, 15) is 9.59 Å². The number of fused-ring (bicyclic) bond motifs is 1. The van der Waals surface area contributed by atoms with Gasteiger partial charge in [0.25, 0.3) is 0 Å². The molecule has 0 fully saturated rings. The Morgan fingerprint density at radius 3 is 2.42 bits per heavy atom. The molecule has 0 aromatic heterocycles. The van der Waals surface area contributed by atoms with Gasteiger partial charge in [0.15, 0.2) is 0 Å². The fraction of sp³-hybridized carbons (Fsp3) is 0.0526. The van der Waals surface area contributed by atoms with Gasteiger partial charge in [-0.15, -0.1) is 0 Å². The average molecular weight is 388 g/mol. The lowest BCUT2D eigenvalue weighted by molar-refractivity contribution is -0.121. The van der Waals surface area contributed by atoms with E-state index in [2.05, 4.69) is 16.2 Å². The van der Waals surface area contributed by atoms with Crippen LogP contribution in [0, 0.1) is 0 Å². The van der Waals surface area contributed by atoms with Crippen LogP contribution in [0.5, 0.6) is 0 Å². The molecule has 0 radical (unpaired) electrons. The van der Waals surface area contributed by atoms with Gasteiger partial charge in [-0.25, -0.2) is 10.2 Å². The van der Waals surface area contributed by atoms with E-state index in [0.29, 0.717) is 15.7 Å². The molecule has 0 spiro atoms. The first kappa shape index (κ1) is 18.0. The number of hydrazine groups is 1. The molecular formula is C19H15Cl2N3O2. The number of amides is 3. The molecule has 0 atom stereocenters. The van der Waals surface area contributed by atoms with Crippen molar-refractivity contribution >= 4 is 51.6 Å². The van der Waals surface area contributed by atoms with Gasteiger partial charge in [0.1, 0.15) is 0 Å². The second kappa shape index (κ2) is 8.08. The molecule has 3 N–H and O–H groups in total. The van der Waals surface area contributed by atoms with Crippen molar-refractivity contribution in [1.29, 1.82) is 0 Å². The molecule has 0 heterocycles. The van der Waals surface area contributed by atoms with E-state index in [-0.39, 0.29) is 12.3 Å². The van der Waals surface area contributed by atoms with Crippen LogP contribution in [0.2, 0.25) is 10.0 Å². The van der Waals surface area contributed by atoms with Gasteiger partial charge in [0, 0.05) is 5.69 Å². The minimum Gasteiger partial charge on any atom is -0.307 e. The summed E-state index contributed by atoms with van der Waals surface area (Å²) >= 11 is 11.7. The van der Waals surface area contributed by atoms with Crippen LogP contribution < -0.4 is 16.2 Å².